The Morgan fingerprint density at radius 3 is 2.78 bits per heavy atom. The average Bonchev–Trinajstić information content (AvgIpc) is 3.69. The number of methoxy groups -OCH3 is 1. The van der Waals surface area contributed by atoms with Gasteiger partial charge in [0, 0.05) is 37.9 Å². The zero-order chi connectivity index (χ0) is 25.5. The predicted molar refractivity (Wildman–Crippen MR) is 136 cm³/mol. The Bertz CT molecular complexity index is 1090. The third-order valence-corrected chi connectivity index (χ3v) is 7.05. The molecule has 9 nitrogen and oxygen atoms in total. The Hall–Kier alpha value is -2.91. The molecule has 10 heteroatoms. The minimum atomic E-state index is -1.10. The number of pyridine rings is 2. The first kappa shape index (κ1) is 26.2. The van der Waals surface area contributed by atoms with E-state index in [0.29, 0.717) is 36.0 Å². The lowest BCUT2D eigenvalue weighted by atomic mass is 9.99. The van der Waals surface area contributed by atoms with Crippen molar-refractivity contribution < 1.29 is 24.2 Å². The first-order valence-electron chi connectivity index (χ1n) is 12.5. The largest absolute Gasteiger partial charge is 0.481 e. The number of hydrogen-bond acceptors (Lipinski definition) is 7. The van der Waals surface area contributed by atoms with Gasteiger partial charge >= 0.3 is 5.97 Å². The number of halogens is 1. The number of ether oxygens (including phenoxy) is 2. The van der Waals surface area contributed by atoms with Gasteiger partial charge in [-0.05, 0) is 62.6 Å². The van der Waals surface area contributed by atoms with Crippen LogP contribution in [0.1, 0.15) is 55.5 Å². The second-order valence-electron chi connectivity index (χ2n) is 9.33. The summed E-state index contributed by atoms with van der Waals surface area (Å²) >= 11 is 6.29. The van der Waals surface area contributed by atoms with Crippen molar-refractivity contribution in [3.63, 3.8) is 0 Å². The molecule has 36 heavy (non-hydrogen) atoms. The van der Waals surface area contributed by atoms with E-state index < -0.39 is 17.4 Å². The Morgan fingerprint density at radius 1 is 1.19 bits per heavy atom. The molecule has 4 rings (SSSR count). The fourth-order valence-corrected chi connectivity index (χ4v) is 4.73. The van der Waals surface area contributed by atoms with E-state index in [1.165, 1.54) is 12.7 Å². The number of amides is 1. The van der Waals surface area contributed by atoms with Crippen molar-refractivity contribution in [3.8, 4) is 5.88 Å². The molecule has 194 valence electrons. The van der Waals surface area contributed by atoms with Gasteiger partial charge in [0.15, 0.2) is 0 Å². The number of aryl methyl sites for hydroxylation is 2. The number of aromatic nitrogens is 2. The van der Waals surface area contributed by atoms with Crippen LogP contribution in [-0.4, -0.2) is 59.9 Å². The molecule has 0 spiro atoms. The summed E-state index contributed by atoms with van der Waals surface area (Å²) in [5.74, 6) is -0.117. The van der Waals surface area contributed by atoms with Crippen LogP contribution in [0, 0.1) is 0 Å². The smallest absolute Gasteiger partial charge is 0.326 e. The summed E-state index contributed by atoms with van der Waals surface area (Å²) in [5, 5.41) is 16.0. The molecule has 0 saturated heterocycles. The molecule has 0 bridgehead atoms. The van der Waals surface area contributed by atoms with Crippen LogP contribution in [0.15, 0.2) is 24.3 Å². The molecule has 1 atom stereocenters. The highest BCUT2D eigenvalue weighted by Gasteiger charge is 2.54. The summed E-state index contributed by atoms with van der Waals surface area (Å²) in [6.07, 6.45) is 6.15. The quantitative estimate of drug-likeness (QED) is 0.345. The number of carboxylic acids is 1. The van der Waals surface area contributed by atoms with Crippen molar-refractivity contribution in [1.29, 1.82) is 0 Å². The predicted octanol–water partition coefficient (Wildman–Crippen LogP) is 3.53. The highest BCUT2D eigenvalue weighted by molar-refractivity contribution is 6.31. The highest BCUT2D eigenvalue weighted by atomic mass is 35.5. The number of nitrogens with zero attached hydrogens (tertiary/aromatic N) is 2. The van der Waals surface area contributed by atoms with Gasteiger partial charge < -0.3 is 25.2 Å². The van der Waals surface area contributed by atoms with Gasteiger partial charge in [-0.1, -0.05) is 17.7 Å². The summed E-state index contributed by atoms with van der Waals surface area (Å²) in [4.78, 5) is 33.8. The van der Waals surface area contributed by atoms with Gasteiger partial charge in [-0.3, -0.25) is 4.79 Å². The van der Waals surface area contributed by atoms with E-state index in [9.17, 15) is 14.7 Å². The highest BCUT2D eigenvalue weighted by Crippen LogP contribution is 2.50. The van der Waals surface area contributed by atoms with Gasteiger partial charge in [0.25, 0.3) is 0 Å². The summed E-state index contributed by atoms with van der Waals surface area (Å²) < 4.78 is 10.8. The van der Waals surface area contributed by atoms with Crippen molar-refractivity contribution in [2.45, 2.75) is 62.8 Å². The fraction of sp³-hybridized carbons (Fsp3) is 0.538. The molecule has 2 aliphatic rings. The monoisotopic (exact) mass is 516 g/mol. The molecule has 1 saturated carbocycles. The van der Waals surface area contributed by atoms with Crippen molar-refractivity contribution in [1.82, 2.24) is 15.3 Å². The fourth-order valence-electron chi connectivity index (χ4n) is 4.45. The molecule has 1 fully saturated rings. The Balaban J connectivity index is 1.19. The van der Waals surface area contributed by atoms with Crippen LogP contribution in [0.2, 0.25) is 5.02 Å². The van der Waals surface area contributed by atoms with Gasteiger partial charge in [0.2, 0.25) is 11.8 Å². The van der Waals surface area contributed by atoms with Gasteiger partial charge in [0.05, 0.1) is 23.2 Å². The third kappa shape index (κ3) is 6.25. The molecule has 0 radical (unpaired) electrons. The second-order valence-corrected chi connectivity index (χ2v) is 9.74. The zero-order valence-electron chi connectivity index (χ0n) is 20.5. The maximum absolute atomic E-state index is 13.0. The van der Waals surface area contributed by atoms with Crippen LogP contribution in [0.5, 0.6) is 5.88 Å². The Kier molecular flexibility index (Phi) is 8.64. The standard InChI is InChI=1S/C26H33ClN4O5/c1-35-21-10-9-19(27)22(31-21)26(12-13-26)25(34)30-20(24(32)33)11-16-36-15-3-2-6-18-8-7-17-5-4-14-28-23(17)29-18/h7-10,20H,2-6,11-16H2,1H3,(H,28,29)(H,30,34)(H,32,33)/t20-/m0/s1. The zero-order valence-corrected chi connectivity index (χ0v) is 21.3. The number of anilines is 1. The second kappa shape index (κ2) is 11.9. The van der Waals surface area contributed by atoms with E-state index in [4.69, 9.17) is 26.1 Å². The Morgan fingerprint density at radius 2 is 2.03 bits per heavy atom. The van der Waals surface area contributed by atoms with E-state index in [-0.39, 0.29) is 18.9 Å². The lowest BCUT2D eigenvalue weighted by Crippen LogP contribution is -2.46. The van der Waals surface area contributed by atoms with Gasteiger partial charge in [-0.25, -0.2) is 14.8 Å². The molecule has 1 amide bonds. The van der Waals surface area contributed by atoms with Gasteiger partial charge in [-0.2, -0.15) is 0 Å². The number of rotatable bonds is 13. The van der Waals surface area contributed by atoms with Crippen LogP contribution in [-0.2, 0) is 32.6 Å². The Labute approximate surface area is 216 Å². The number of hydrogen-bond donors (Lipinski definition) is 3. The van der Waals surface area contributed by atoms with E-state index >= 15 is 0 Å². The number of aliphatic carboxylic acids is 1. The molecular formula is C26H33ClN4O5. The van der Waals surface area contributed by atoms with Crippen LogP contribution in [0.25, 0.3) is 0 Å². The van der Waals surface area contributed by atoms with Crippen molar-refractivity contribution in [3.05, 3.63) is 46.2 Å². The van der Waals surface area contributed by atoms with E-state index in [0.717, 1.165) is 50.2 Å². The number of carboxylic acid groups (broad SMARTS) is 1. The van der Waals surface area contributed by atoms with E-state index in [1.54, 1.807) is 12.1 Å². The van der Waals surface area contributed by atoms with Crippen LogP contribution < -0.4 is 15.4 Å². The SMILES string of the molecule is COc1ccc(Cl)c(C2(C(=O)N[C@@H](CCOCCCCc3ccc4c(n3)NCCC4)C(=O)O)CC2)n1. The molecule has 1 aliphatic carbocycles. The van der Waals surface area contributed by atoms with Crippen molar-refractivity contribution in [2.75, 3.05) is 32.2 Å². The average molecular weight is 517 g/mol. The normalized spacial score (nSPS) is 16.4. The molecular weight excluding hydrogens is 484 g/mol. The van der Waals surface area contributed by atoms with Crippen molar-refractivity contribution in [2.24, 2.45) is 0 Å². The maximum atomic E-state index is 13.0. The molecule has 2 aromatic rings. The van der Waals surface area contributed by atoms with Crippen molar-refractivity contribution >= 4 is 29.3 Å². The number of fused-ring (bicyclic) bond motifs is 1. The van der Waals surface area contributed by atoms with Crippen LogP contribution in [0.4, 0.5) is 5.82 Å². The lowest BCUT2D eigenvalue weighted by Gasteiger charge is -2.20. The number of nitrogens with one attached hydrogen (secondary N) is 2. The first-order chi connectivity index (χ1) is 17.4. The maximum Gasteiger partial charge on any atom is 0.326 e. The summed E-state index contributed by atoms with van der Waals surface area (Å²) in [5.41, 5.74) is 1.85. The number of carbonyl (C=O) groups excluding carboxylic acids is 1. The van der Waals surface area contributed by atoms with E-state index in [1.807, 2.05) is 0 Å². The van der Waals surface area contributed by atoms with Crippen LogP contribution >= 0.6 is 11.6 Å². The first-order valence-corrected chi connectivity index (χ1v) is 12.9. The lowest BCUT2D eigenvalue weighted by molar-refractivity contribution is -0.142. The van der Waals surface area contributed by atoms with Gasteiger partial charge in [0.1, 0.15) is 11.9 Å². The van der Waals surface area contributed by atoms with Gasteiger partial charge in [-0.15, -0.1) is 0 Å². The summed E-state index contributed by atoms with van der Waals surface area (Å²) in [6, 6.07) is 6.46. The molecule has 3 heterocycles. The van der Waals surface area contributed by atoms with E-state index in [2.05, 4.69) is 27.8 Å². The summed E-state index contributed by atoms with van der Waals surface area (Å²) in [6.45, 7) is 1.74. The molecule has 3 N–H and O–H groups in total. The number of carbonyl (C=O) groups is 2. The minimum Gasteiger partial charge on any atom is -0.481 e. The molecule has 0 aromatic carbocycles. The molecule has 2 aromatic heterocycles. The topological polar surface area (TPSA) is 123 Å². The van der Waals surface area contributed by atoms with Crippen LogP contribution in [0.3, 0.4) is 0 Å². The molecule has 1 aliphatic heterocycles. The minimum absolute atomic E-state index is 0.175. The third-order valence-electron chi connectivity index (χ3n) is 6.75. The summed E-state index contributed by atoms with van der Waals surface area (Å²) in [7, 11) is 1.49. The number of unbranched alkanes of at least 4 members (excludes halogenated alkanes) is 1. The molecule has 0 unspecified atom stereocenters.